The van der Waals surface area contributed by atoms with Crippen LogP contribution in [0.4, 0.5) is 0 Å². The number of aromatic amines is 2. The molecule has 3 rings (SSSR count). The summed E-state index contributed by atoms with van der Waals surface area (Å²) >= 11 is 4.97. The number of H-pyrrole nitrogens is 2. The molecule has 0 spiro atoms. The second-order valence-electron chi connectivity index (χ2n) is 6.11. The maximum absolute atomic E-state index is 12.4. The van der Waals surface area contributed by atoms with Crippen molar-refractivity contribution in [2.24, 2.45) is 5.92 Å². The first kappa shape index (κ1) is 15.0. The lowest BCUT2D eigenvalue weighted by molar-refractivity contribution is 0.0921. The first-order chi connectivity index (χ1) is 10.5. The van der Waals surface area contributed by atoms with Crippen molar-refractivity contribution >= 4 is 29.0 Å². The van der Waals surface area contributed by atoms with Crippen LogP contribution in [0, 0.1) is 10.7 Å². The highest BCUT2D eigenvalue weighted by Gasteiger charge is 2.21. The number of benzene rings is 1. The number of hydrogen-bond donors (Lipinski definition) is 3. The molecule has 1 amide bonds. The van der Waals surface area contributed by atoms with Crippen molar-refractivity contribution in [3.8, 4) is 0 Å². The summed E-state index contributed by atoms with van der Waals surface area (Å²) in [4.78, 5) is 29.6. The number of fused-ring (bicyclic) bond motifs is 1. The van der Waals surface area contributed by atoms with Crippen LogP contribution < -0.4 is 10.9 Å². The lowest BCUT2D eigenvalue weighted by Crippen LogP contribution is -2.38. The molecule has 3 N–H and O–H groups in total. The quantitative estimate of drug-likeness (QED) is 0.745. The first-order valence-corrected chi connectivity index (χ1v) is 8.01. The fourth-order valence-electron chi connectivity index (χ4n) is 3.14. The highest BCUT2D eigenvalue weighted by molar-refractivity contribution is 7.71. The lowest BCUT2D eigenvalue weighted by atomic mass is 9.87. The molecule has 1 heterocycles. The van der Waals surface area contributed by atoms with Gasteiger partial charge in [0.2, 0.25) is 0 Å². The minimum atomic E-state index is -0.244. The van der Waals surface area contributed by atoms with Gasteiger partial charge >= 0.3 is 0 Å². The maximum Gasteiger partial charge on any atom is 0.259 e. The van der Waals surface area contributed by atoms with E-state index in [1.165, 1.54) is 6.42 Å². The first-order valence-electron chi connectivity index (χ1n) is 7.60. The Balaban J connectivity index is 1.85. The fourth-order valence-corrected chi connectivity index (χ4v) is 3.35. The Kier molecular flexibility index (Phi) is 4.11. The van der Waals surface area contributed by atoms with E-state index in [9.17, 15) is 9.59 Å². The zero-order valence-electron chi connectivity index (χ0n) is 12.4. The van der Waals surface area contributed by atoms with Crippen LogP contribution in [-0.2, 0) is 0 Å². The second kappa shape index (κ2) is 6.04. The predicted octanol–water partition coefficient (Wildman–Crippen LogP) is 2.89. The number of carbonyl (C=O) groups is 1. The van der Waals surface area contributed by atoms with Gasteiger partial charge in [-0.1, -0.05) is 19.8 Å². The molecule has 116 valence electrons. The molecule has 0 bridgehead atoms. The standard InChI is InChI=1S/C16H19N3O2S/c1-9-3-2-4-11(7-9)17-14(20)10-5-6-12-13(8-10)18-16(22)19-15(12)21/h5-6,8-9,11H,2-4,7H2,1H3,(H,17,20)(H2,18,19,21,22)/t9-,11+/m0/s1. The summed E-state index contributed by atoms with van der Waals surface area (Å²) in [6.45, 7) is 2.22. The highest BCUT2D eigenvalue weighted by atomic mass is 32.1. The van der Waals surface area contributed by atoms with Gasteiger partial charge in [0, 0.05) is 11.6 Å². The van der Waals surface area contributed by atoms with Crippen molar-refractivity contribution in [3.05, 3.63) is 38.9 Å². The highest BCUT2D eigenvalue weighted by Crippen LogP contribution is 2.23. The van der Waals surface area contributed by atoms with Gasteiger partial charge in [-0.2, -0.15) is 0 Å². The fraction of sp³-hybridized carbons (Fsp3) is 0.438. The Bertz CT molecular complexity index is 824. The van der Waals surface area contributed by atoms with Gasteiger partial charge in [0.05, 0.1) is 10.9 Å². The smallest absolute Gasteiger partial charge is 0.259 e. The van der Waals surface area contributed by atoms with Gasteiger partial charge in [0.1, 0.15) is 0 Å². The van der Waals surface area contributed by atoms with Crippen molar-refractivity contribution in [2.45, 2.75) is 38.6 Å². The molecule has 1 aliphatic carbocycles. The topological polar surface area (TPSA) is 77.8 Å². The van der Waals surface area contributed by atoms with Gasteiger partial charge in [-0.15, -0.1) is 0 Å². The zero-order chi connectivity index (χ0) is 15.7. The largest absolute Gasteiger partial charge is 0.349 e. The molecule has 1 saturated carbocycles. The van der Waals surface area contributed by atoms with Crippen molar-refractivity contribution in [3.63, 3.8) is 0 Å². The van der Waals surface area contributed by atoms with E-state index >= 15 is 0 Å². The zero-order valence-corrected chi connectivity index (χ0v) is 13.3. The number of rotatable bonds is 2. The summed E-state index contributed by atoms with van der Waals surface area (Å²) in [6, 6.07) is 5.25. The van der Waals surface area contributed by atoms with Gasteiger partial charge in [-0.25, -0.2) is 0 Å². The SMILES string of the molecule is C[C@H]1CCC[C@@H](NC(=O)c2ccc3c(=O)[nH]c(=S)[nH]c3c2)C1. The van der Waals surface area contributed by atoms with E-state index in [0.29, 0.717) is 22.4 Å². The minimum absolute atomic E-state index is 0.0967. The molecule has 0 saturated heterocycles. The van der Waals surface area contributed by atoms with Crippen molar-refractivity contribution in [1.82, 2.24) is 15.3 Å². The maximum atomic E-state index is 12.4. The number of hydrogen-bond acceptors (Lipinski definition) is 3. The summed E-state index contributed by atoms with van der Waals surface area (Å²) in [6.07, 6.45) is 4.46. The Morgan fingerprint density at radius 3 is 2.91 bits per heavy atom. The molecule has 2 aromatic rings. The molecular formula is C16H19N3O2S. The van der Waals surface area contributed by atoms with Crippen molar-refractivity contribution in [1.29, 1.82) is 0 Å². The van der Waals surface area contributed by atoms with Gasteiger partial charge in [0.15, 0.2) is 4.77 Å². The van der Waals surface area contributed by atoms with E-state index in [-0.39, 0.29) is 22.3 Å². The molecule has 22 heavy (non-hydrogen) atoms. The molecule has 5 nitrogen and oxygen atoms in total. The summed E-state index contributed by atoms with van der Waals surface area (Å²) in [5.41, 5.74) is 0.882. The average molecular weight is 317 g/mol. The van der Waals surface area contributed by atoms with Crippen LogP contribution in [0.15, 0.2) is 23.0 Å². The third kappa shape index (κ3) is 3.11. The molecule has 1 aromatic carbocycles. The summed E-state index contributed by atoms with van der Waals surface area (Å²) in [7, 11) is 0. The van der Waals surface area contributed by atoms with Crippen LogP contribution >= 0.6 is 12.2 Å². The van der Waals surface area contributed by atoms with Crippen molar-refractivity contribution < 1.29 is 4.79 Å². The van der Waals surface area contributed by atoms with Gasteiger partial charge in [-0.3, -0.25) is 14.6 Å². The average Bonchev–Trinajstić information content (AvgIpc) is 2.46. The molecular weight excluding hydrogens is 298 g/mol. The number of carbonyl (C=O) groups excluding carboxylic acids is 1. The summed E-state index contributed by atoms with van der Waals surface area (Å²) < 4.78 is 0.260. The van der Waals surface area contributed by atoms with Crippen LogP contribution in [0.3, 0.4) is 0 Å². The molecule has 0 unspecified atom stereocenters. The van der Waals surface area contributed by atoms with E-state index in [0.717, 1.165) is 19.3 Å². The Morgan fingerprint density at radius 1 is 1.32 bits per heavy atom. The minimum Gasteiger partial charge on any atom is -0.349 e. The summed E-state index contributed by atoms with van der Waals surface area (Å²) in [5.74, 6) is 0.561. The van der Waals surface area contributed by atoms with Gasteiger partial charge in [-0.05, 0) is 49.2 Å². The second-order valence-corrected chi connectivity index (χ2v) is 6.52. The molecule has 0 radical (unpaired) electrons. The van der Waals surface area contributed by atoms with Crippen LogP contribution in [0.1, 0.15) is 43.0 Å². The number of nitrogens with one attached hydrogen (secondary N) is 3. The van der Waals surface area contributed by atoms with Crippen LogP contribution in [-0.4, -0.2) is 21.9 Å². The lowest BCUT2D eigenvalue weighted by Gasteiger charge is -2.27. The van der Waals surface area contributed by atoms with E-state index in [2.05, 4.69) is 22.2 Å². The van der Waals surface area contributed by atoms with Crippen LogP contribution in [0.5, 0.6) is 0 Å². The van der Waals surface area contributed by atoms with Gasteiger partial charge in [0.25, 0.3) is 11.5 Å². The van der Waals surface area contributed by atoms with E-state index in [4.69, 9.17) is 12.2 Å². The normalized spacial score (nSPS) is 21.7. The third-order valence-corrected chi connectivity index (χ3v) is 4.48. The molecule has 1 aliphatic rings. The monoisotopic (exact) mass is 317 g/mol. The summed E-state index contributed by atoms with van der Waals surface area (Å²) in [5, 5.41) is 3.59. The number of amides is 1. The van der Waals surface area contributed by atoms with Crippen LogP contribution in [0.25, 0.3) is 10.9 Å². The van der Waals surface area contributed by atoms with E-state index in [1.807, 2.05) is 0 Å². The van der Waals surface area contributed by atoms with E-state index < -0.39 is 0 Å². The molecule has 1 aromatic heterocycles. The Labute approximate surface area is 133 Å². The number of aromatic nitrogens is 2. The van der Waals surface area contributed by atoms with Crippen molar-refractivity contribution in [2.75, 3.05) is 0 Å². The van der Waals surface area contributed by atoms with Crippen LogP contribution in [0.2, 0.25) is 0 Å². The predicted molar refractivity (Wildman–Crippen MR) is 88.6 cm³/mol. The van der Waals surface area contributed by atoms with E-state index in [1.54, 1.807) is 18.2 Å². The van der Waals surface area contributed by atoms with Gasteiger partial charge < -0.3 is 10.3 Å². The Morgan fingerprint density at radius 2 is 2.14 bits per heavy atom. The molecule has 2 atom stereocenters. The molecule has 0 aliphatic heterocycles. The third-order valence-electron chi connectivity index (χ3n) is 4.27. The molecule has 6 heteroatoms. The molecule has 1 fully saturated rings. The Hall–Kier alpha value is -1.95.